The number of hydrogen-bond acceptors (Lipinski definition) is 2. The Bertz CT molecular complexity index is 656. The van der Waals surface area contributed by atoms with E-state index in [9.17, 15) is 13.2 Å². The van der Waals surface area contributed by atoms with E-state index in [0.717, 1.165) is 25.3 Å². The number of aliphatic imine (C=N–C) groups is 2. The first-order chi connectivity index (χ1) is 11.7. The minimum atomic E-state index is -4.77. The van der Waals surface area contributed by atoms with Crippen LogP contribution in [0.5, 0.6) is 5.75 Å². The van der Waals surface area contributed by atoms with Crippen molar-refractivity contribution in [2.24, 2.45) is 21.5 Å². The lowest BCUT2D eigenvalue weighted by molar-refractivity contribution is -0.274. The zero-order valence-corrected chi connectivity index (χ0v) is 15.3. The zero-order valence-electron chi connectivity index (χ0n) is 14.5. The van der Waals surface area contributed by atoms with Gasteiger partial charge in [-0.3, -0.25) is 0 Å². The highest BCUT2D eigenvalue weighted by Crippen LogP contribution is 2.26. The van der Waals surface area contributed by atoms with Gasteiger partial charge < -0.3 is 21.1 Å². The van der Waals surface area contributed by atoms with Crippen molar-refractivity contribution in [3.8, 4) is 5.75 Å². The van der Waals surface area contributed by atoms with Gasteiger partial charge in [0, 0.05) is 18.2 Å². The maximum atomic E-state index is 12.3. The van der Waals surface area contributed by atoms with E-state index >= 15 is 0 Å². The molecule has 1 aliphatic heterocycles. The fraction of sp³-hybridized carbons (Fsp3) is 0.500. The molecule has 26 heavy (non-hydrogen) atoms. The normalized spacial score (nSPS) is 22.0. The minimum absolute atomic E-state index is 0. The first-order valence-corrected chi connectivity index (χ1v) is 7.98. The SMILES string of the molecule is CC1CCCC(C)N1C(N)=NC(N)=Nc1cccc(OC(F)(F)F)c1.Cl. The van der Waals surface area contributed by atoms with E-state index in [1.807, 2.05) is 4.90 Å². The monoisotopic (exact) mass is 393 g/mol. The topological polar surface area (TPSA) is 89.2 Å². The molecule has 1 heterocycles. The van der Waals surface area contributed by atoms with Crippen molar-refractivity contribution in [2.45, 2.75) is 51.6 Å². The molecular formula is C16H23ClF3N5O. The fourth-order valence-electron chi connectivity index (χ4n) is 2.96. The molecule has 0 bridgehead atoms. The molecular weight excluding hydrogens is 371 g/mol. The molecule has 1 fully saturated rings. The van der Waals surface area contributed by atoms with Gasteiger partial charge in [0.15, 0.2) is 5.96 Å². The fourth-order valence-corrected chi connectivity index (χ4v) is 2.96. The first-order valence-electron chi connectivity index (χ1n) is 7.98. The predicted molar refractivity (Wildman–Crippen MR) is 97.9 cm³/mol. The summed E-state index contributed by atoms with van der Waals surface area (Å²) in [4.78, 5) is 10.1. The van der Waals surface area contributed by atoms with Crippen molar-refractivity contribution in [3.05, 3.63) is 24.3 Å². The highest BCUT2D eigenvalue weighted by atomic mass is 35.5. The Morgan fingerprint density at radius 2 is 1.81 bits per heavy atom. The average molecular weight is 394 g/mol. The van der Waals surface area contributed by atoms with Crippen LogP contribution < -0.4 is 16.2 Å². The first kappa shape index (κ1) is 21.9. The highest BCUT2D eigenvalue weighted by Gasteiger charge is 2.31. The van der Waals surface area contributed by atoms with Crippen LogP contribution in [0.3, 0.4) is 0 Å². The molecule has 1 saturated heterocycles. The summed E-state index contributed by atoms with van der Waals surface area (Å²) in [5, 5.41) is 0. The minimum Gasteiger partial charge on any atom is -0.406 e. The molecule has 4 N–H and O–H groups in total. The second-order valence-electron chi connectivity index (χ2n) is 6.02. The molecule has 2 rings (SSSR count). The molecule has 0 amide bonds. The Balaban J connectivity index is 0.00000338. The van der Waals surface area contributed by atoms with Crippen molar-refractivity contribution in [1.29, 1.82) is 0 Å². The van der Waals surface area contributed by atoms with E-state index in [0.29, 0.717) is 0 Å². The molecule has 0 aromatic heterocycles. The van der Waals surface area contributed by atoms with E-state index in [4.69, 9.17) is 11.5 Å². The molecule has 1 aromatic rings. The average Bonchev–Trinajstić information content (AvgIpc) is 2.45. The molecule has 1 aliphatic rings. The van der Waals surface area contributed by atoms with Crippen molar-refractivity contribution in [1.82, 2.24) is 4.90 Å². The van der Waals surface area contributed by atoms with Crippen molar-refractivity contribution in [2.75, 3.05) is 0 Å². The number of nitrogens with two attached hydrogens (primary N) is 2. The summed E-state index contributed by atoms with van der Waals surface area (Å²) in [6.07, 6.45) is -1.62. The van der Waals surface area contributed by atoms with Gasteiger partial charge in [-0.2, -0.15) is 4.99 Å². The van der Waals surface area contributed by atoms with Gasteiger partial charge in [-0.05, 0) is 45.2 Å². The van der Waals surface area contributed by atoms with Gasteiger partial charge in [0.25, 0.3) is 0 Å². The van der Waals surface area contributed by atoms with E-state index in [1.165, 1.54) is 18.2 Å². The van der Waals surface area contributed by atoms with Crippen LogP contribution in [0.4, 0.5) is 18.9 Å². The Labute approximate surface area is 156 Å². The third-order valence-electron chi connectivity index (χ3n) is 3.98. The Morgan fingerprint density at radius 1 is 1.19 bits per heavy atom. The third-order valence-corrected chi connectivity index (χ3v) is 3.98. The quantitative estimate of drug-likeness (QED) is 0.594. The van der Waals surface area contributed by atoms with Crippen molar-refractivity contribution >= 4 is 30.0 Å². The number of halogens is 4. The summed E-state index contributed by atoms with van der Waals surface area (Å²) < 4.78 is 40.6. The van der Waals surface area contributed by atoms with E-state index in [-0.39, 0.29) is 47.8 Å². The Kier molecular flexibility index (Phi) is 7.55. The van der Waals surface area contributed by atoms with Gasteiger partial charge in [0.05, 0.1) is 5.69 Å². The number of piperidine rings is 1. The smallest absolute Gasteiger partial charge is 0.406 e. The summed E-state index contributed by atoms with van der Waals surface area (Å²) in [7, 11) is 0. The van der Waals surface area contributed by atoms with E-state index < -0.39 is 6.36 Å². The summed E-state index contributed by atoms with van der Waals surface area (Å²) in [6, 6.07) is 5.66. The number of likely N-dealkylation sites (tertiary alicyclic amines) is 1. The van der Waals surface area contributed by atoms with Crippen LogP contribution in [0.1, 0.15) is 33.1 Å². The number of hydrogen-bond donors (Lipinski definition) is 2. The standard InChI is InChI=1S/C16H22F3N5O.ClH/c1-10-5-3-6-11(2)24(10)15(21)23-14(20)22-12-7-4-8-13(9-12)25-16(17,18)19;/h4,7-11H,3,5-6H2,1-2H3,(H4,20,21,22,23);1H. The van der Waals surface area contributed by atoms with Crippen LogP contribution in [-0.4, -0.2) is 35.3 Å². The number of benzene rings is 1. The molecule has 146 valence electrons. The lowest BCUT2D eigenvalue weighted by atomic mass is 9.98. The molecule has 0 spiro atoms. The second-order valence-corrected chi connectivity index (χ2v) is 6.02. The van der Waals surface area contributed by atoms with Crippen LogP contribution >= 0.6 is 12.4 Å². The molecule has 0 aliphatic carbocycles. The van der Waals surface area contributed by atoms with Crippen LogP contribution in [0.2, 0.25) is 0 Å². The molecule has 10 heteroatoms. The molecule has 2 unspecified atom stereocenters. The predicted octanol–water partition coefficient (Wildman–Crippen LogP) is 3.53. The third kappa shape index (κ3) is 6.29. The summed E-state index contributed by atoms with van der Waals surface area (Å²) >= 11 is 0. The molecule has 0 radical (unpaired) electrons. The number of alkyl halides is 3. The van der Waals surface area contributed by atoms with Crippen LogP contribution in [0.15, 0.2) is 34.3 Å². The van der Waals surface area contributed by atoms with Crippen LogP contribution in [-0.2, 0) is 0 Å². The summed E-state index contributed by atoms with van der Waals surface area (Å²) in [6.45, 7) is 4.12. The Hall–Kier alpha value is -2.16. The molecule has 2 atom stereocenters. The van der Waals surface area contributed by atoms with Crippen LogP contribution in [0, 0.1) is 0 Å². The van der Waals surface area contributed by atoms with E-state index in [2.05, 4.69) is 28.6 Å². The molecule has 6 nitrogen and oxygen atoms in total. The van der Waals surface area contributed by atoms with Gasteiger partial charge in [-0.15, -0.1) is 25.6 Å². The van der Waals surface area contributed by atoms with Gasteiger partial charge in [-0.1, -0.05) is 6.07 Å². The van der Waals surface area contributed by atoms with Crippen molar-refractivity contribution < 1.29 is 17.9 Å². The zero-order chi connectivity index (χ0) is 18.6. The van der Waals surface area contributed by atoms with Gasteiger partial charge in [-0.25, -0.2) is 4.99 Å². The number of ether oxygens (including phenoxy) is 1. The summed E-state index contributed by atoms with van der Waals surface area (Å²) in [5.41, 5.74) is 12.0. The number of nitrogens with zero attached hydrogens (tertiary/aromatic N) is 3. The highest BCUT2D eigenvalue weighted by molar-refractivity contribution is 5.94. The molecule has 1 aromatic carbocycles. The molecule has 0 saturated carbocycles. The van der Waals surface area contributed by atoms with E-state index in [1.54, 1.807) is 0 Å². The summed E-state index contributed by atoms with van der Waals surface area (Å²) in [5.74, 6) is -0.257. The second kappa shape index (κ2) is 8.98. The maximum Gasteiger partial charge on any atom is 0.573 e. The Morgan fingerprint density at radius 3 is 2.38 bits per heavy atom. The number of rotatable bonds is 2. The van der Waals surface area contributed by atoms with Gasteiger partial charge in [0.2, 0.25) is 5.96 Å². The lowest BCUT2D eigenvalue weighted by Crippen LogP contribution is -2.51. The number of guanidine groups is 2. The lowest BCUT2D eigenvalue weighted by Gasteiger charge is -2.39. The van der Waals surface area contributed by atoms with Gasteiger partial charge >= 0.3 is 6.36 Å². The van der Waals surface area contributed by atoms with Crippen LogP contribution in [0.25, 0.3) is 0 Å². The van der Waals surface area contributed by atoms with Gasteiger partial charge in [0.1, 0.15) is 5.75 Å². The maximum absolute atomic E-state index is 12.3. The largest absolute Gasteiger partial charge is 0.573 e. The van der Waals surface area contributed by atoms with Crippen molar-refractivity contribution in [3.63, 3.8) is 0 Å².